The van der Waals surface area contributed by atoms with Gasteiger partial charge < -0.3 is 5.32 Å². The van der Waals surface area contributed by atoms with Crippen LogP contribution in [0.15, 0.2) is 28.9 Å². The molecule has 1 N–H and O–H groups in total. The van der Waals surface area contributed by atoms with Gasteiger partial charge in [0.05, 0.1) is 11.6 Å². The van der Waals surface area contributed by atoms with Gasteiger partial charge in [-0.2, -0.15) is 5.26 Å². The maximum atomic E-state index is 8.93. The fraction of sp³-hybridized carbons (Fsp3) is 0.214. The molecule has 0 saturated heterocycles. The van der Waals surface area contributed by atoms with Crippen molar-refractivity contribution in [1.29, 1.82) is 5.26 Å². The molecule has 1 aromatic carbocycles. The predicted octanol–water partition coefficient (Wildman–Crippen LogP) is 3.73. The topological polar surface area (TPSA) is 61.6 Å². The van der Waals surface area contributed by atoms with Crippen LogP contribution >= 0.6 is 15.9 Å². The Morgan fingerprint density at radius 3 is 2.79 bits per heavy atom. The van der Waals surface area contributed by atoms with Crippen LogP contribution in [0.5, 0.6) is 0 Å². The number of aryl methyl sites for hydroxylation is 2. The maximum absolute atomic E-state index is 8.93. The zero-order valence-electron chi connectivity index (χ0n) is 10.7. The van der Waals surface area contributed by atoms with Crippen molar-refractivity contribution < 1.29 is 0 Å². The van der Waals surface area contributed by atoms with Crippen molar-refractivity contribution in [3.8, 4) is 6.07 Å². The molecule has 1 aromatic heterocycles. The summed E-state index contributed by atoms with van der Waals surface area (Å²) in [6.45, 7) is 3.99. The summed E-state index contributed by atoms with van der Waals surface area (Å²) in [5.41, 5.74) is 2.57. The summed E-state index contributed by atoms with van der Waals surface area (Å²) in [5.74, 6) is 1.49. The summed E-state index contributed by atoms with van der Waals surface area (Å²) in [5, 5.41) is 12.2. The summed E-state index contributed by atoms with van der Waals surface area (Å²) < 4.78 is 0.746. The minimum absolute atomic E-state index is 0.622. The number of hydrogen-bond acceptors (Lipinski definition) is 4. The second-order valence-electron chi connectivity index (χ2n) is 4.11. The van der Waals surface area contributed by atoms with E-state index >= 15 is 0 Å². The standard InChI is InChI=1S/C14H13BrN4/c1-3-13-18-12(15)7-14(19-13)17-11-6-10(8-16)5-4-9(11)2/h4-7H,3H2,1-2H3,(H,17,18,19). The summed E-state index contributed by atoms with van der Waals surface area (Å²) >= 11 is 3.37. The molecular formula is C14H13BrN4. The molecule has 0 fully saturated rings. The Bertz CT molecular complexity index is 646. The van der Waals surface area contributed by atoms with Gasteiger partial charge in [-0.1, -0.05) is 13.0 Å². The van der Waals surface area contributed by atoms with Gasteiger partial charge in [0.25, 0.3) is 0 Å². The Kier molecular flexibility index (Phi) is 4.13. The zero-order chi connectivity index (χ0) is 13.8. The highest BCUT2D eigenvalue weighted by Crippen LogP contribution is 2.22. The third kappa shape index (κ3) is 3.30. The molecule has 0 aliphatic heterocycles. The molecule has 0 radical (unpaired) electrons. The SMILES string of the molecule is CCc1nc(Br)cc(Nc2cc(C#N)ccc2C)n1. The lowest BCUT2D eigenvalue weighted by Crippen LogP contribution is -2.01. The highest BCUT2D eigenvalue weighted by molar-refractivity contribution is 9.10. The van der Waals surface area contributed by atoms with E-state index in [1.807, 2.05) is 32.0 Å². The van der Waals surface area contributed by atoms with Crippen LogP contribution in [0.3, 0.4) is 0 Å². The highest BCUT2D eigenvalue weighted by atomic mass is 79.9. The first-order valence-electron chi connectivity index (χ1n) is 5.93. The lowest BCUT2D eigenvalue weighted by molar-refractivity contribution is 0.931. The molecule has 19 heavy (non-hydrogen) atoms. The van der Waals surface area contributed by atoms with Crippen LogP contribution in [0, 0.1) is 18.3 Å². The Labute approximate surface area is 120 Å². The average Bonchev–Trinajstić information content (AvgIpc) is 2.40. The molecule has 0 saturated carbocycles. The smallest absolute Gasteiger partial charge is 0.135 e. The highest BCUT2D eigenvalue weighted by Gasteiger charge is 2.05. The van der Waals surface area contributed by atoms with Crippen molar-refractivity contribution in [2.75, 3.05) is 5.32 Å². The number of benzene rings is 1. The fourth-order valence-electron chi connectivity index (χ4n) is 1.65. The fourth-order valence-corrected chi connectivity index (χ4v) is 2.07. The minimum Gasteiger partial charge on any atom is -0.340 e. The number of nitrogens with one attached hydrogen (secondary N) is 1. The molecule has 0 bridgehead atoms. The van der Waals surface area contributed by atoms with Crippen LogP contribution in [-0.4, -0.2) is 9.97 Å². The second kappa shape index (κ2) is 5.81. The van der Waals surface area contributed by atoms with E-state index in [4.69, 9.17) is 5.26 Å². The van der Waals surface area contributed by atoms with Crippen LogP contribution < -0.4 is 5.32 Å². The molecule has 0 aliphatic carbocycles. The molecule has 2 rings (SSSR count). The van der Waals surface area contributed by atoms with E-state index in [9.17, 15) is 0 Å². The number of rotatable bonds is 3. The van der Waals surface area contributed by atoms with Gasteiger partial charge in [-0.15, -0.1) is 0 Å². The summed E-state index contributed by atoms with van der Waals surface area (Å²) in [7, 11) is 0. The third-order valence-corrected chi connectivity index (χ3v) is 3.09. The first kappa shape index (κ1) is 13.5. The van der Waals surface area contributed by atoms with Gasteiger partial charge in [-0.3, -0.25) is 0 Å². The van der Waals surface area contributed by atoms with E-state index in [2.05, 4.69) is 37.3 Å². The zero-order valence-corrected chi connectivity index (χ0v) is 12.3. The van der Waals surface area contributed by atoms with Gasteiger partial charge in [-0.25, -0.2) is 9.97 Å². The number of hydrogen-bond donors (Lipinski definition) is 1. The average molecular weight is 317 g/mol. The van der Waals surface area contributed by atoms with Crippen LogP contribution in [0.2, 0.25) is 0 Å². The first-order valence-corrected chi connectivity index (χ1v) is 6.73. The largest absolute Gasteiger partial charge is 0.340 e. The monoisotopic (exact) mass is 316 g/mol. The van der Waals surface area contributed by atoms with Crippen molar-refractivity contribution in [1.82, 2.24) is 9.97 Å². The van der Waals surface area contributed by atoms with Gasteiger partial charge >= 0.3 is 0 Å². The number of aromatic nitrogens is 2. The summed E-state index contributed by atoms with van der Waals surface area (Å²) in [6.07, 6.45) is 0.769. The van der Waals surface area contributed by atoms with Crippen LogP contribution in [-0.2, 0) is 6.42 Å². The molecule has 4 nitrogen and oxygen atoms in total. The Morgan fingerprint density at radius 2 is 2.11 bits per heavy atom. The molecule has 2 aromatic rings. The Balaban J connectivity index is 2.36. The number of anilines is 2. The molecule has 0 spiro atoms. The Hall–Kier alpha value is -1.93. The molecule has 0 amide bonds. The van der Waals surface area contributed by atoms with E-state index in [-0.39, 0.29) is 0 Å². The normalized spacial score (nSPS) is 10.0. The van der Waals surface area contributed by atoms with E-state index in [0.717, 1.165) is 33.9 Å². The van der Waals surface area contributed by atoms with Gasteiger partial charge in [0.1, 0.15) is 16.2 Å². The van der Waals surface area contributed by atoms with E-state index in [0.29, 0.717) is 5.56 Å². The first-order chi connectivity index (χ1) is 9.12. The van der Waals surface area contributed by atoms with Crippen LogP contribution in [0.25, 0.3) is 0 Å². The van der Waals surface area contributed by atoms with E-state index in [1.54, 1.807) is 6.07 Å². The Morgan fingerprint density at radius 1 is 1.32 bits per heavy atom. The van der Waals surface area contributed by atoms with Crippen molar-refractivity contribution in [3.05, 3.63) is 45.8 Å². The maximum Gasteiger partial charge on any atom is 0.135 e. The predicted molar refractivity (Wildman–Crippen MR) is 78.3 cm³/mol. The van der Waals surface area contributed by atoms with E-state index < -0.39 is 0 Å². The summed E-state index contributed by atoms with van der Waals surface area (Å²) in [6, 6.07) is 9.48. The van der Waals surface area contributed by atoms with Crippen molar-refractivity contribution >= 4 is 27.4 Å². The summed E-state index contributed by atoms with van der Waals surface area (Å²) in [4.78, 5) is 8.67. The van der Waals surface area contributed by atoms with Crippen molar-refractivity contribution in [2.45, 2.75) is 20.3 Å². The van der Waals surface area contributed by atoms with Gasteiger partial charge in [-0.05, 0) is 40.5 Å². The minimum atomic E-state index is 0.622. The lowest BCUT2D eigenvalue weighted by atomic mass is 10.1. The van der Waals surface area contributed by atoms with Gasteiger partial charge in [0, 0.05) is 18.2 Å². The van der Waals surface area contributed by atoms with Crippen LogP contribution in [0.1, 0.15) is 23.9 Å². The quantitative estimate of drug-likeness (QED) is 0.876. The second-order valence-corrected chi connectivity index (χ2v) is 4.92. The molecule has 0 atom stereocenters. The number of nitriles is 1. The molecule has 0 aliphatic rings. The molecule has 0 unspecified atom stereocenters. The molecular weight excluding hydrogens is 304 g/mol. The lowest BCUT2D eigenvalue weighted by Gasteiger charge is -2.10. The van der Waals surface area contributed by atoms with Gasteiger partial charge in [0.2, 0.25) is 0 Å². The van der Waals surface area contributed by atoms with Crippen LogP contribution in [0.4, 0.5) is 11.5 Å². The van der Waals surface area contributed by atoms with E-state index in [1.165, 1.54) is 0 Å². The van der Waals surface area contributed by atoms with Gasteiger partial charge in [0.15, 0.2) is 0 Å². The van der Waals surface area contributed by atoms with Crippen molar-refractivity contribution in [3.63, 3.8) is 0 Å². The third-order valence-electron chi connectivity index (χ3n) is 2.69. The molecule has 5 heteroatoms. The number of nitrogens with zero attached hydrogens (tertiary/aromatic N) is 3. The molecule has 1 heterocycles. The number of halogens is 1. The molecule has 96 valence electrons. The van der Waals surface area contributed by atoms with Crippen molar-refractivity contribution in [2.24, 2.45) is 0 Å².